The molecule has 1 heterocycles. The van der Waals surface area contributed by atoms with Crippen molar-refractivity contribution in [3.8, 4) is 0 Å². The van der Waals surface area contributed by atoms with E-state index in [1.807, 2.05) is 0 Å². The second-order valence-electron chi connectivity index (χ2n) is 4.00. The van der Waals surface area contributed by atoms with Gasteiger partial charge in [0.2, 0.25) is 0 Å². The summed E-state index contributed by atoms with van der Waals surface area (Å²) in [5, 5.41) is 3.46. The van der Waals surface area contributed by atoms with Crippen molar-refractivity contribution in [2.24, 2.45) is 0 Å². The molecular formula is C11H21NO. The van der Waals surface area contributed by atoms with Crippen molar-refractivity contribution in [1.29, 1.82) is 0 Å². The van der Waals surface area contributed by atoms with E-state index in [1.165, 1.54) is 12.8 Å². The van der Waals surface area contributed by atoms with Crippen molar-refractivity contribution >= 4 is 5.78 Å². The molecule has 2 nitrogen and oxygen atoms in total. The Morgan fingerprint density at radius 1 is 1.31 bits per heavy atom. The van der Waals surface area contributed by atoms with Crippen molar-refractivity contribution in [3.63, 3.8) is 0 Å². The third-order valence-electron chi connectivity index (χ3n) is 2.78. The first-order valence-corrected chi connectivity index (χ1v) is 5.56. The zero-order chi connectivity index (χ0) is 9.68. The first-order chi connectivity index (χ1) is 6.27. The topological polar surface area (TPSA) is 29.1 Å². The Morgan fingerprint density at radius 3 is 2.62 bits per heavy atom. The third kappa shape index (κ3) is 3.11. The maximum absolute atomic E-state index is 11.5. The molecule has 1 saturated heterocycles. The highest BCUT2D eigenvalue weighted by Crippen LogP contribution is 2.16. The molecule has 1 rings (SSSR count). The maximum atomic E-state index is 11.5. The van der Waals surface area contributed by atoms with Gasteiger partial charge in [-0.1, -0.05) is 26.7 Å². The van der Waals surface area contributed by atoms with Gasteiger partial charge < -0.3 is 5.32 Å². The molecule has 1 N–H and O–H groups in total. The van der Waals surface area contributed by atoms with Gasteiger partial charge in [0, 0.05) is 12.5 Å². The summed E-state index contributed by atoms with van der Waals surface area (Å²) in [5.41, 5.74) is 0. The Hall–Kier alpha value is -0.370. The fraction of sp³-hybridized carbons (Fsp3) is 0.909. The molecule has 0 aromatic carbocycles. The summed E-state index contributed by atoms with van der Waals surface area (Å²) in [7, 11) is 0. The van der Waals surface area contributed by atoms with Gasteiger partial charge in [0.15, 0.2) is 0 Å². The van der Waals surface area contributed by atoms with Gasteiger partial charge in [-0.05, 0) is 19.3 Å². The van der Waals surface area contributed by atoms with Crippen LogP contribution in [0.15, 0.2) is 0 Å². The molecule has 0 aliphatic carbocycles. The van der Waals surface area contributed by atoms with Crippen molar-refractivity contribution in [3.05, 3.63) is 0 Å². The van der Waals surface area contributed by atoms with Crippen LogP contribution in [0.5, 0.6) is 0 Å². The SMILES string of the molecule is CCCC1CCC(=O)C(CCC)N1. The van der Waals surface area contributed by atoms with E-state index in [0.29, 0.717) is 11.8 Å². The smallest absolute Gasteiger partial charge is 0.149 e. The molecule has 0 bridgehead atoms. The fourth-order valence-corrected chi connectivity index (χ4v) is 2.06. The summed E-state index contributed by atoms with van der Waals surface area (Å²) in [6.07, 6.45) is 6.38. The molecule has 76 valence electrons. The standard InChI is InChI=1S/C11H21NO/c1-3-5-9-7-8-11(13)10(12-9)6-4-2/h9-10,12H,3-8H2,1-2H3. The summed E-state index contributed by atoms with van der Waals surface area (Å²) in [6.45, 7) is 4.34. The molecule has 2 unspecified atom stereocenters. The molecule has 0 amide bonds. The van der Waals surface area contributed by atoms with Crippen LogP contribution < -0.4 is 5.32 Å². The summed E-state index contributed by atoms with van der Waals surface area (Å²) < 4.78 is 0. The van der Waals surface area contributed by atoms with Crippen LogP contribution in [0.3, 0.4) is 0 Å². The lowest BCUT2D eigenvalue weighted by molar-refractivity contribution is -0.123. The molecule has 1 aliphatic heterocycles. The Balaban J connectivity index is 2.38. The van der Waals surface area contributed by atoms with Gasteiger partial charge in [-0.15, -0.1) is 0 Å². The number of carbonyl (C=O) groups is 1. The van der Waals surface area contributed by atoms with Crippen LogP contribution in [0, 0.1) is 0 Å². The molecule has 0 saturated carbocycles. The van der Waals surface area contributed by atoms with Gasteiger partial charge in [-0.2, -0.15) is 0 Å². The predicted molar refractivity (Wildman–Crippen MR) is 54.8 cm³/mol. The van der Waals surface area contributed by atoms with Gasteiger partial charge >= 0.3 is 0 Å². The number of piperidine rings is 1. The molecule has 0 spiro atoms. The number of hydrogen-bond acceptors (Lipinski definition) is 2. The van der Waals surface area contributed by atoms with Gasteiger partial charge in [0.05, 0.1) is 6.04 Å². The van der Waals surface area contributed by atoms with Crippen molar-refractivity contribution in [2.75, 3.05) is 0 Å². The lowest BCUT2D eigenvalue weighted by Crippen LogP contribution is -2.47. The first-order valence-electron chi connectivity index (χ1n) is 5.56. The molecule has 2 atom stereocenters. The Kier molecular flexibility index (Phi) is 4.43. The highest BCUT2D eigenvalue weighted by atomic mass is 16.1. The van der Waals surface area contributed by atoms with E-state index < -0.39 is 0 Å². The molecule has 0 aromatic heterocycles. The van der Waals surface area contributed by atoms with Crippen LogP contribution >= 0.6 is 0 Å². The molecule has 1 fully saturated rings. The van der Waals surface area contributed by atoms with Gasteiger partial charge in [0.25, 0.3) is 0 Å². The predicted octanol–water partition coefficient (Wildman–Crippen LogP) is 2.28. The monoisotopic (exact) mass is 183 g/mol. The fourth-order valence-electron chi connectivity index (χ4n) is 2.06. The summed E-state index contributed by atoms with van der Waals surface area (Å²) in [4.78, 5) is 11.5. The average molecular weight is 183 g/mol. The summed E-state index contributed by atoms with van der Waals surface area (Å²) in [6, 6.07) is 0.759. The van der Waals surface area contributed by atoms with E-state index >= 15 is 0 Å². The minimum absolute atomic E-state index is 0.162. The highest BCUT2D eigenvalue weighted by Gasteiger charge is 2.26. The molecule has 0 radical (unpaired) electrons. The van der Waals surface area contributed by atoms with Crippen LogP contribution in [0.2, 0.25) is 0 Å². The van der Waals surface area contributed by atoms with E-state index in [0.717, 1.165) is 25.7 Å². The first kappa shape index (κ1) is 10.7. The zero-order valence-electron chi connectivity index (χ0n) is 8.81. The number of nitrogens with one attached hydrogen (secondary N) is 1. The van der Waals surface area contributed by atoms with Gasteiger partial charge in [-0.25, -0.2) is 0 Å². The number of carbonyl (C=O) groups excluding carboxylic acids is 1. The van der Waals surface area contributed by atoms with Gasteiger partial charge in [-0.3, -0.25) is 4.79 Å². The number of rotatable bonds is 4. The number of ketones is 1. The van der Waals surface area contributed by atoms with E-state index in [9.17, 15) is 4.79 Å². The van der Waals surface area contributed by atoms with Crippen LogP contribution in [0.1, 0.15) is 52.4 Å². The lowest BCUT2D eigenvalue weighted by atomic mass is 9.92. The van der Waals surface area contributed by atoms with Crippen LogP contribution in [0.25, 0.3) is 0 Å². The third-order valence-corrected chi connectivity index (χ3v) is 2.78. The second-order valence-corrected chi connectivity index (χ2v) is 4.00. The van der Waals surface area contributed by atoms with Crippen LogP contribution in [-0.2, 0) is 4.79 Å². The molecule has 13 heavy (non-hydrogen) atoms. The lowest BCUT2D eigenvalue weighted by Gasteiger charge is -2.29. The van der Waals surface area contributed by atoms with E-state index in [1.54, 1.807) is 0 Å². The Bertz CT molecular complexity index is 167. The summed E-state index contributed by atoms with van der Waals surface area (Å²) in [5.74, 6) is 0.425. The zero-order valence-corrected chi connectivity index (χ0v) is 8.81. The van der Waals surface area contributed by atoms with Gasteiger partial charge in [0.1, 0.15) is 5.78 Å². The minimum Gasteiger partial charge on any atom is -0.305 e. The molecular weight excluding hydrogens is 162 g/mol. The normalized spacial score (nSPS) is 29.2. The minimum atomic E-state index is 0.162. The maximum Gasteiger partial charge on any atom is 0.149 e. The van der Waals surface area contributed by atoms with Crippen molar-refractivity contribution in [1.82, 2.24) is 5.32 Å². The quantitative estimate of drug-likeness (QED) is 0.724. The largest absolute Gasteiger partial charge is 0.305 e. The number of hydrogen-bond donors (Lipinski definition) is 1. The molecule has 0 aromatic rings. The highest BCUT2D eigenvalue weighted by molar-refractivity contribution is 5.84. The van der Waals surface area contributed by atoms with Crippen molar-refractivity contribution < 1.29 is 4.79 Å². The van der Waals surface area contributed by atoms with Crippen LogP contribution in [-0.4, -0.2) is 17.9 Å². The average Bonchev–Trinajstić information content (AvgIpc) is 2.12. The molecule has 2 heteroatoms. The summed E-state index contributed by atoms with van der Waals surface area (Å²) >= 11 is 0. The molecule has 1 aliphatic rings. The Morgan fingerprint density at radius 2 is 2.00 bits per heavy atom. The second kappa shape index (κ2) is 5.38. The van der Waals surface area contributed by atoms with E-state index in [4.69, 9.17) is 0 Å². The van der Waals surface area contributed by atoms with Crippen LogP contribution in [0.4, 0.5) is 0 Å². The van der Waals surface area contributed by atoms with Crippen molar-refractivity contribution in [2.45, 2.75) is 64.5 Å². The Labute approximate surface area is 81.1 Å². The van der Waals surface area contributed by atoms with E-state index in [-0.39, 0.29) is 6.04 Å². The van der Waals surface area contributed by atoms with E-state index in [2.05, 4.69) is 19.2 Å². The number of Topliss-reactive ketones (excluding diaryl/α,β-unsaturated/α-hetero) is 1.